The van der Waals surface area contributed by atoms with Gasteiger partial charge in [0.1, 0.15) is 5.65 Å². The highest BCUT2D eigenvalue weighted by atomic mass is 35.5. The zero-order valence-corrected chi connectivity index (χ0v) is 9.81. The van der Waals surface area contributed by atoms with Crippen LogP contribution in [0.5, 0.6) is 0 Å². The quantitative estimate of drug-likeness (QED) is 0.892. The summed E-state index contributed by atoms with van der Waals surface area (Å²) in [6.07, 6.45) is 4.87. The van der Waals surface area contributed by atoms with Gasteiger partial charge in [0.2, 0.25) is 0 Å². The maximum Gasteiger partial charge on any atom is 0.354 e. The lowest BCUT2D eigenvalue weighted by Crippen LogP contribution is -2.14. The Morgan fingerprint density at radius 1 is 1.53 bits per heavy atom. The summed E-state index contributed by atoms with van der Waals surface area (Å²) in [5, 5.41) is 9.87. The van der Waals surface area contributed by atoms with Gasteiger partial charge < -0.3 is 5.11 Å². The molecule has 0 amide bonds. The summed E-state index contributed by atoms with van der Waals surface area (Å²) in [5.74, 6) is -0.638. The predicted molar refractivity (Wildman–Crippen MR) is 63.8 cm³/mol. The third kappa shape index (κ3) is 1.60. The fourth-order valence-corrected chi connectivity index (χ4v) is 2.37. The number of halogens is 1. The molecule has 3 rings (SSSR count). The van der Waals surface area contributed by atoms with E-state index >= 15 is 0 Å². The molecule has 0 aromatic carbocycles. The summed E-state index contributed by atoms with van der Waals surface area (Å²) in [6.45, 7) is 0. The molecule has 0 bridgehead atoms. The van der Waals surface area contributed by atoms with Crippen molar-refractivity contribution in [2.45, 2.75) is 25.2 Å². The molecule has 2 aromatic heterocycles. The van der Waals surface area contributed by atoms with Gasteiger partial charge in [0.05, 0.1) is 5.69 Å². The van der Waals surface area contributed by atoms with E-state index in [9.17, 15) is 9.90 Å². The number of carbonyl (C=O) groups is 1. The molecule has 4 nitrogen and oxygen atoms in total. The van der Waals surface area contributed by atoms with Gasteiger partial charge in [0.25, 0.3) is 0 Å². The van der Waals surface area contributed by atoms with Crippen molar-refractivity contribution in [1.29, 1.82) is 0 Å². The SMILES string of the molecule is O=C(O)c1c(C2CCC2)nc2cc(Cl)ccn12. The van der Waals surface area contributed by atoms with Crippen LogP contribution in [-0.2, 0) is 0 Å². The van der Waals surface area contributed by atoms with Crippen molar-refractivity contribution >= 4 is 23.2 Å². The maximum atomic E-state index is 11.3. The monoisotopic (exact) mass is 250 g/mol. The van der Waals surface area contributed by atoms with Gasteiger partial charge in [-0.05, 0) is 18.9 Å². The molecule has 0 radical (unpaired) electrons. The first-order valence-corrected chi connectivity index (χ1v) is 5.95. The van der Waals surface area contributed by atoms with Crippen LogP contribution in [-0.4, -0.2) is 20.5 Å². The first-order valence-electron chi connectivity index (χ1n) is 5.57. The van der Waals surface area contributed by atoms with Gasteiger partial charge in [-0.25, -0.2) is 9.78 Å². The summed E-state index contributed by atoms with van der Waals surface area (Å²) in [6, 6.07) is 3.36. The molecule has 2 aromatic rings. The fourth-order valence-electron chi connectivity index (χ4n) is 2.22. The first-order chi connectivity index (χ1) is 8.16. The van der Waals surface area contributed by atoms with E-state index in [1.54, 1.807) is 22.7 Å². The third-order valence-corrected chi connectivity index (χ3v) is 3.54. The second-order valence-corrected chi connectivity index (χ2v) is 4.79. The highest BCUT2D eigenvalue weighted by molar-refractivity contribution is 6.30. The van der Waals surface area contributed by atoms with E-state index < -0.39 is 5.97 Å². The lowest BCUT2D eigenvalue weighted by molar-refractivity contribution is 0.0686. The van der Waals surface area contributed by atoms with E-state index in [2.05, 4.69) is 4.98 Å². The molecule has 1 fully saturated rings. The largest absolute Gasteiger partial charge is 0.477 e. The Balaban J connectivity index is 2.25. The van der Waals surface area contributed by atoms with Gasteiger partial charge in [0, 0.05) is 23.2 Å². The van der Waals surface area contributed by atoms with Gasteiger partial charge in [-0.15, -0.1) is 0 Å². The van der Waals surface area contributed by atoms with Crippen molar-refractivity contribution < 1.29 is 9.90 Å². The van der Waals surface area contributed by atoms with Gasteiger partial charge in [-0.1, -0.05) is 18.0 Å². The molecule has 1 aliphatic rings. The van der Waals surface area contributed by atoms with Crippen molar-refractivity contribution in [2.24, 2.45) is 0 Å². The van der Waals surface area contributed by atoms with E-state index in [1.165, 1.54) is 0 Å². The van der Waals surface area contributed by atoms with Crippen LogP contribution < -0.4 is 0 Å². The average molecular weight is 251 g/mol. The van der Waals surface area contributed by atoms with Crippen LogP contribution in [0.25, 0.3) is 5.65 Å². The van der Waals surface area contributed by atoms with E-state index in [0.29, 0.717) is 22.3 Å². The molecule has 0 aliphatic heterocycles. The number of aromatic nitrogens is 2. The molecular formula is C12H11ClN2O2. The molecule has 0 atom stereocenters. The lowest BCUT2D eigenvalue weighted by atomic mass is 9.82. The summed E-state index contributed by atoms with van der Waals surface area (Å²) in [4.78, 5) is 15.7. The van der Waals surface area contributed by atoms with Gasteiger partial charge >= 0.3 is 5.97 Å². The van der Waals surface area contributed by atoms with E-state index in [0.717, 1.165) is 19.3 Å². The number of carboxylic acids is 1. The number of fused-ring (bicyclic) bond motifs is 1. The molecule has 1 N–H and O–H groups in total. The molecule has 5 heteroatoms. The summed E-state index contributed by atoms with van der Waals surface area (Å²) >= 11 is 5.89. The van der Waals surface area contributed by atoms with Gasteiger partial charge in [0.15, 0.2) is 5.69 Å². The van der Waals surface area contributed by atoms with Crippen LogP contribution >= 0.6 is 11.6 Å². The number of pyridine rings is 1. The van der Waals surface area contributed by atoms with E-state index in [-0.39, 0.29) is 5.69 Å². The molecule has 88 valence electrons. The Kier molecular flexibility index (Phi) is 2.33. The molecule has 0 spiro atoms. The lowest BCUT2D eigenvalue weighted by Gasteiger charge is -2.23. The standard InChI is InChI=1S/C12H11ClN2O2/c13-8-4-5-15-9(6-8)14-10(7-2-1-3-7)11(15)12(16)17/h4-7H,1-3H2,(H,16,17). The van der Waals surface area contributed by atoms with Crippen LogP contribution in [0.3, 0.4) is 0 Å². The van der Waals surface area contributed by atoms with Crippen LogP contribution in [0.2, 0.25) is 5.02 Å². The number of nitrogens with zero attached hydrogens (tertiary/aromatic N) is 2. The van der Waals surface area contributed by atoms with E-state index in [4.69, 9.17) is 11.6 Å². The molecule has 0 unspecified atom stereocenters. The normalized spacial score (nSPS) is 16.1. The summed E-state index contributed by atoms with van der Waals surface area (Å²) in [7, 11) is 0. The van der Waals surface area contributed by atoms with Crippen LogP contribution in [0.4, 0.5) is 0 Å². The molecule has 2 heterocycles. The van der Waals surface area contributed by atoms with Crippen molar-refractivity contribution in [1.82, 2.24) is 9.38 Å². The zero-order valence-electron chi connectivity index (χ0n) is 9.06. The van der Waals surface area contributed by atoms with Gasteiger partial charge in [-0.3, -0.25) is 4.40 Å². The number of rotatable bonds is 2. The number of aromatic carboxylic acids is 1. The predicted octanol–water partition coefficient (Wildman–Crippen LogP) is 2.95. The Hall–Kier alpha value is -1.55. The Bertz CT molecular complexity index is 602. The van der Waals surface area contributed by atoms with Crippen molar-refractivity contribution in [2.75, 3.05) is 0 Å². The van der Waals surface area contributed by atoms with Crippen LogP contribution in [0.1, 0.15) is 41.4 Å². The van der Waals surface area contributed by atoms with Crippen LogP contribution in [0, 0.1) is 0 Å². The molecule has 1 saturated carbocycles. The number of imidazole rings is 1. The topological polar surface area (TPSA) is 54.6 Å². The average Bonchev–Trinajstić information content (AvgIpc) is 2.52. The molecule has 1 aliphatic carbocycles. The van der Waals surface area contributed by atoms with Gasteiger partial charge in [-0.2, -0.15) is 0 Å². The van der Waals surface area contributed by atoms with Crippen molar-refractivity contribution in [3.05, 3.63) is 34.7 Å². The molecular weight excluding hydrogens is 240 g/mol. The van der Waals surface area contributed by atoms with E-state index in [1.807, 2.05) is 0 Å². The Morgan fingerprint density at radius 3 is 2.88 bits per heavy atom. The highest BCUT2D eigenvalue weighted by Crippen LogP contribution is 2.37. The highest BCUT2D eigenvalue weighted by Gasteiger charge is 2.29. The fraction of sp³-hybridized carbons (Fsp3) is 0.333. The Morgan fingerprint density at radius 2 is 2.29 bits per heavy atom. The van der Waals surface area contributed by atoms with Crippen molar-refractivity contribution in [3.63, 3.8) is 0 Å². The minimum atomic E-state index is -0.929. The minimum absolute atomic E-state index is 0.279. The van der Waals surface area contributed by atoms with Crippen molar-refractivity contribution in [3.8, 4) is 0 Å². The number of hydrogen-bond acceptors (Lipinski definition) is 2. The molecule has 17 heavy (non-hydrogen) atoms. The second-order valence-electron chi connectivity index (χ2n) is 4.35. The maximum absolute atomic E-state index is 11.3. The Labute approximate surface area is 103 Å². The summed E-state index contributed by atoms with van der Waals surface area (Å²) < 4.78 is 1.60. The summed E-state index contributed by atoms with van der Waals surface area (Å²) in [5.41, 5.74) is 1.59. The molecule has 0 saturated heterocycles. The minimum Gasteiger partial charge on any atom is -0.477 e. The number of carboxylic acid groups (broad SMARTS) is 1. The zero-order chi connectivity index (χ0) is 12.0. The van der Waals surface area contributed by atoms with Crippen LogP contribution in [0.15, 0.2) is 18.3 Å². The smallest absolute Gasteiger partial charge is 0.354 e. The number of hydrogen-bond donors (Lipinski definition) is 1. The first kappa shape index (κ1) is 10.6. The second kappa shape index (κ2) is 3.74. The third-order valence-electron chi connectivity index (χ3n) is 3.31.